The molecule has 2 rings (SSSR count). The summed E-state index contributed by atoms with van der Waals surface area (Å²) in [5.41, 5.74) is 0.997. The van der Waals surface area contributed by atoms with Crippen LogP contribution in [0.1, 0.15) is 19.4 Å². The number of nitrogens with one attached hydrogen (secondary N) is 2. The van der Waals surface area contributed by atoms with Crippen LogP contribution in [0.4, 0.5) is 0 Å². The third-order valence-corrected chi connectivity index (χ3v) is 5.47. The molecule has 1 aromatic rings. The molecule has 31 heavy (non-hydrogen) atoms. The van der Waals surface area contributed by atoms with Crippen LogP contribution < -0.4 is 24.8 Å². The molecule has 9 heteroatoms. The third-order valence-electron chi connectivity index (χ3n) is 5.47. The first-order valence-electron chi connectivity index (χ1n) is 10.6. The highest BCUT2D eigenvalue weighted by molar-refractivity contribution is 14.0. The Hall–Kier alpha value is -1.46. The van der Waals surface area contributed by atoms with Gasteiger partial charge in [-0.2, -0.15) is 0 Å². The SMILES string of the molecule is CN=C(NCCc1c(OC)cc(OC)cc1OC)NCC(C(C)C)N1CCOCC1.I. The maximum atomic E-state index is 5.54. The summed E-state index contributed by atoms with van der Waals surface area (Å²) in [5, 5.41) is 6.88. The van der Waals surface area contributed by atoms with Gasteiger partial charge in [0, 0.05) is 57.0 Å². The number of aliphatic imine (C=N–C) groups is 1. The van der Waals surface area contributed by atoms with E-state index in [-0.39, 0.29) is 24.0 Å². The van der Waals surface area contributed by atoms with Crippen molar-refractivity contribution in [2.24, 2.45) is 10.9 Å². The van der Waals surface area contributed by atoms with Crippen LogP contribution in [0.3, 0.4) is 0 Å². The zero-order chi connectivity index (χ0) is 21.9. The second kappa shape index (κ2) is 14.6. The molecule has 2 N–H and O–H groups in total. The molecule has 178 valence electrons. The summed E-state index contributed by atoms with van der Waals surface area (Å²) >= 11 is 0. The van der Waals surface area contributed by atoms with Crippen LogP contribution in [-0.2, 0) is 11.2 Å². The molecule has 0 aromatic heterocycles. The predicted molar refractivity (Wildman–Crippen MR) is 136 cm³/mol. The molecule has 1 saturated heterocycles. The van der Waals surface area contributed by atoms with Crippen molar-refractivity contribution in [2.45, 2.75) is 26.3 Å². The Bertz CT molecular complexity index is 656. The van der Waals surface area contributed by atoms with E-state index in [1.165, 1.54) is 0 Å². The molecule has 0 saturated carbocycles. The van der Waals surface area contributed by atoms with Crippen LogP contribution in [-0.4, -0.2) is 84.7 Å². The Morgan fingerprint density at radius 1 is 1.06 bits per heavy atom. The lowest BCUT2D eigenvalue weighted by atomic mass is 10.0. The maximum absolute atomic E-state index is 5.54. The summed E-state index contributed by atoms with van der Waals surface area (Å²) in [6, 6.07) is 4.19. The van der Waals surface area contributed by atoms with Crippen LogP contribution in [0.5, 0.6) is 17.2 Å². The quantitative estimate of drug-likeness (QED) is 0.263. The lowest BCUT2D eigenvalue weighted by Gasteiger charge is -2.37. The Morgan fingerprint density at radius 2 is 1.68 bits per heavy atom. The number of halogens is 1. The fourth-order valence-corrected chi connectivity index (χ4v) is 3.75. The van der Waals surface area contributed by atoms with Gasteiger partial charge in [0.2, 0.25) is 0 Å². The van der Waals surface area contributed by atoms with Gasteiger partial charge in [0.25, 0.3) is 0 Å². The molecule has 0 spiro atoms. The number of hydrogen-bond acceptors (Lipinski definition) is 6. The zero-order valence-electron chi connectivity index (χ0n) is 19.7. The first-order valence-corrected chi connectivity index (χ1v) is 10.6. The first kappa shape index (κ1) is 27.6. The average molecular weight is 550 g/mol. The number of morpholine rings is 1. The van der Waals surface area contributed by atoms with E-state index in [9.17, 15) is 0 Å². The van der Waals surface area contributed by atoms with Gasteiger partial charge in [0.1, 0.15) is 17.2 Å². The number of methoxy groups -OCH3 is 3. The van der Waals surface area contributed by atoms with Crippen molar-refractivity contribution < 1.29 is 18.9 Å². The Labute approximate surface area is 204 Å². The number of benzene rings is 1. The molecule has 1 aromatic carbocycles. The summed E-state index contributed by atoms with van der Waals surface area (Å²) in [5.74, 6) is 3.55. The summed E-state index contributed by atoms with van der Waals surface area (Å²) in [6.45, 7) is 9.64. The molecule has 1 unspecified atom stereocenters. The van der Waals surface area contributed by atoms with Gasteiger partial charge in [-0.25, -0.2) is 0 Å². The van der Waals surface area contributed by atoms with Gasteiger partial charge in [-0.1, -0.05) is 13.8 Å². The topological polar surface area (TPSA) is 76.6 Å². The van der Waals surface area contributed by atoms with Gasteiger partial charge < -0.3 is 29.6 Å². The lowest BCUT2D eigenvalue weighted by Crippen LogP contribution is -2.52. The average Bonchev–Trinajstić information content (AvgIpc) is 2.78. The van der Waals surface area contributed by atoms with E-state index in [4.69, 9.17) is 18.9 Å². The van der Waals surface area contributed by atoms with Gasteiger partial charge in [-0.15, -0.1) is 24.0 Å². The molecular weight excluding hydrogens is 511 g/mol. The highest BCUT2D eigenvalue weighted by Crippen LogP contribution is 2.34. The van der Waals surface area contributed by atoms with Crippen LogP contribution in [0.2, 0.25) is 0 Å². The van der Waals surface area contributed by atoms with Crippen molar-refractivity contribution in [2.75, 3.05) is 67.8 Å². The number of hydrogen-bond donors (Lipinski definition) is 2. The van der Waals surface area contributed by atoms with E-state index in [0.717, 1.165) is 62.3 Å². The van der Waals surface area contributed by atoms with E-state index in [1.54, 1.807) is 28.4 Å². The molecule has 8 nitrogen and oxygen atoms in total. The van der Waals surface area contributed by atoms with Crippen LogP contribution in [0.25, 0.3) is 0 Å². The maximum Gasteiger partial charge on any atom is 0.191 e. The summed E-state index contributed by atoms with van der Waals surface area (Å²) in [7, 11) is 6.74. The van der Waals surface area contributed by atoms with E-state index in [2.05, 4.69) is 34.4 Å². The fourth-order valence-electron chi connectivity index (χ4n) is 3.75. The van der Waals surface area contributed by atoms with Gasteiger partial charge >= 0.3 is 0 Å². The minimum atomic E-state index is 0. The standard InChI is InChI=1S/C22H38N4O4.HI/c1-16(2)19(26-9-11-30-12-10-26)15-25-22(23-3)24-8-7-18-20(28-5)13-17(27-4)14-21(18)29-6;/h13-14,16,19H,7-12,15H2,1-6H3,(H2,23,24,25);1H. The summed E-state index contributed by atoms with van der Waals surface area (Å²) in [4.78, 5) is 6.88. The molecule has 0 amide bonds. The van der Waals surface area contributed by atoms with Gasteiger partial charge in [-0.05, 0) is 12.3 Å². The van der Waals surface area contributed by atoms with Gasteiger partial charge in [-0.3, -0.25) is 9.89 Å². The van der Waals surface area contributed by atoms with Crippen LogP contribution in [0, 0.1) is 5.92 Å². The fraction of sp³-hybridized carbons (Fsp3) is 0.682. The first-order chi connectivity index (χ1) is 14.5. The van der Waals surface area contributed by atoms with Gasteiger partial charge in [0.15, 0.2) is 5.96 Å². The molecular formula is C22H39IN4O4. The number of rotatable bonds is 10. The van der Waals surface area contributed by atoms with Crippen LogP contribution in [0.15, 0.2) is 17.1 Å². The van der Waals surface area contributed by atoms with Crippen molar-refractivity contribution in [3.05, 3.63) is 17.7 Å². The molecule has 1 aliphatic heterocycles. The van der Waals surface area contributed by atoms with Crippen molar-refractivity contribution in [3.8, 4) is 17.2 Å². The minimum Gasteiger partial charge on any atom is -0.496 e. The molecule has 0 aliphatic carbocycles. The smallest absolute Gasteiger partial charge is 0.191 e. The van der Waals surface area contributed by atoms with E-state index < -0.39 is 0 Å². The van der Waals surface area contributed by atoms with E-state index >= 15 is 0 Å². The Balaban J connectivity index is 0.00000480. The van der Waals surface area contributed by atoms with E-state index in [0.29, 0.717) is 24.3 Å². The second-order valence-electron chi connectivity index (χ2n) is 7.60. The largest absolute Gasteiger partial charge is 0.496 e. The van der Waals surface area contributed by atoms with Crippen molar-refractivity contribution in [1.82, 2.24) is 15.5 Å². The monoisotopic (exact) mass is 550 g/mol. The Kier molecular flexibility index (Phi) is 13.0. The van der Waals surface area contributed by atoms with Gasteiger partial charge in [0.05, 0.1) is 34.5 Å². The van der Waals surface area contributed by atoms with Crippen molar-refractivity contribution in [1.29, 1.82) is 0 Å². The second-order valence-corrected chi connectivity index (χ2v) is 7.60. The molecule has 1 aliphatic rings. The van der Waals surface area contributed by atoms with E-state index in [1.807, 2.05) is 12.1 Å². The number of nitrogens with zero attached hydrogens (tertiary/aromatic N) is 2. The normalized spacial score (nSPS) is 15.8. The van der Waals surface area contributed by atoms with Crippen LogP contribution >= 0.6 is 24.0 Å². The minimum absolute atomic E-state index is 0. The lowest BCUT2D eigenvalue weighted by molar-refractivity contribution is 0.00752. The molecule has 1 fully saturated rings. The molecule has 1 heterocycles. The van der Waals surface area contributed by atoms with Crippen molar-refractivity contribution >= 4 is 29.9 Å². The summed E-state index contributed by atoms with van der Waals surface area (Å²) < 4.78 is 21.9. The highest BCUT2D eigenvalue weighted by atomic mass is 127. The zero-order valence-corrected chi connectivity index (χ0v) is 22.0. The molecule has 1 atom stereocenters. The molecule has 0 bridgehead atoms. The highest BCUT2D eigenvalue weighted by Gasteiger charge is 2.24. The Morgan fingerprint density at radius 3 is 2.16 bits per heavy atom. The number of guanidine groups is 1. The third kappa shape index (κ3) is 8.19. The molecule has 0 radical (unpaired) electrons. The predicted octanol–water partition coefficient (Wildman–Crippen LogP) is 2.39. The number of ether oxygens (including phenoxy) is 4. The summed E-state index contributed by atoms with van der Waals surface area (Å²) in [6.07, 6.45) is 0.730. The van der Waals surface area contributed by atoms with Crippen molar-refractivity contribution in [3.63, 3.8) is 0 Å².